The second-order valence-corrected chi connectivity index (χ2v) is 14.1. The normalized spacial score (nSPS) is 13.6. The Bertz CT molecular complexity index is 2170. The second-order valence-electron chi connectivity index (χ2n) is 11.4. The SMILES string of the molecule is CCc1ccc(COc2cc3ccccc3cc2C=C2SC(Nc3ccc(CC(=O)NS(=O)(=O)c4ccc(C)cc4)cc3)=NC2=O)cc1.[NaH]. The molecule has 8 nitrogen and oxygen atoms in total. The van der Waals surface area contributed by atoms with Crippen LogP contribution in [0.3, 0.4) is 0 Å². The van der Waals surface area contributed by atoms with E-state index in [1.54, 1.807) is 42.5 Å². The summed E-state index contributed by atoms with van der Waals surface area (Å²) in [5.41, 5.74) is 5.30. The fourth-order valence-corrected chi connectivity index (χ4v) is 6.90. The van der Waals surface area contributed by atoms with E-state index < -0.39 is 15.9 Å². The molecule has 1 aliphatic heterocycles. The summed E-state index contributed by atoms with van der Waals surface area (Å²) in [5.74, 6) is -0.333. The summed E-state index contributed by atoms with van der Waals surface area (Å²) in [6.45, 7) is 4.37. The summed E-state index contributed by atoms with van der Waals surface area (Å²) >= 11 is 1.23. The predicted octanol–water partition coefficient (Wildman–Crippen LogP) is 6.77. The van der Waals surface area contributed by atoms with Gasteiger partial charge in [0.25, 0.3) is 15.9 Å². The van der Waals surface area contributed by atoms with Crippen LogP contribution in [-0.4, -0.2) is 55.0 Å². The van der Waals surface area contributed by atoms with Crippen LogP contribution in [0.4, 0.5) is 5.69 Å². The van der Waals surface area contributed by atoms with E-state index in [0.717, 1.165) is 33.9 Å². The van der Waals surface area contributed by atoms with Crippen molar-refractivity contribution in [2.24, 2.45) is 4.99 Å². The van der Waals surface area contributed by atoms with Crippen molar-refractivity contribution < 1.29 is 22.7 Å². The Hall–Kier alpha value is -4.19. The van der Waals surface area contributed by atoms with E-state index in [4.69, 9.17) is 4.74 Å². The number of nitrogens with one attached hydrogen (secondary N) is 2. The number of fused-ring (bicyclic) bond motifs is 1. The molecule has 49 heavy (non-hydrogen) atoms. The van der Waals surface area contributed by atoms with Gasteiger partial charge in [-0.1, -0.05) is 85.3 Å². The van der Waals surface area contributed by atoms with Gasteiger partial charge in [-0.05, 0) is 95.0 Å². The number of sulfonamides is 1. The number of amidine groups is 1. The minimum atomic E-state index is -3.96. The zero-order valence-electron chi connectivity index (χ0n) is 26.4. The number of nitrogens with zero attached hydrogens (tertiary/aromatic N) is 1. The molecule has 0 unspecified atom stereocenters. The van der Waals surface area contributed by atoms with Crippen LogP contribution < -0.4 is 14.8 Å². The maximum atomic E-state index is 13.0. The van der Waals surface area contributed by atoms with E-state index in [9.17, 15) is 18.0 Å². The maximum absolute atomic E-state index is 13.0. The molecule has 11 heteroatoms. The molecular formula is C38H34N3NaO5S2. The van der Waals surface area contributed by atoms with Crippen LogP contribution >= 0.6 is 11.8 Å². The number of aliphatic imine (C=N–C) groups is 1. The molecule has 0 bridgehead atoms. The van der Waals surface area contributed by atoms with Crippen LogP contribution in [0.2, 0.25) is 0 Å². The number of hydrogen-bond acceptors (Lipinski definition) is 7. The van der Waals surface area contributed by atoms with Crippen molar-refractivity contribution in [3.05, 3.63) is 142 Å². The topological polar surface area (TPSA) is 114 Å². The van der Waals surface area contributed by atoms with Crippen LogP contribution in [0.15, 0.2) is 124 Å². The second kappa shape index (κ2) is 16.0. The molecule has 5 aromatic carbocycles. The molecule has 0 atom stereocenters. The zero-order chi connectivity index (χ0) is 33.7. The Morgan fingerprint density at radius 3 is 2.16 bits per heavy atom. The van der Waals surface area contributed by atoms with Gasteiger partial charge in [0, 0.05) is 11.3 Å². The molecule has 1 heterocycles. The number of anilines is 1. The molecule has 0 saturated heterocycles. The van der Waals surface area contributed by atoms with Gasteiger partial charge >= 0.3 is 29.6 Å². The van der Waals surface area contributed by atoms with Crippen molar-refractivity contribution in [1.29, 1.82) is 0 Å². The fourth-order valence-electron chi connectivity index (χ4n) is 5.09. The average molecular weight is 700 g/mol. The van der Waals surface area contributed by atoms with Crippen LogP contribution in [0.25, 0.3) is 16.8 Å². The Labute approximate surface area is 312 Å². The van der Waals surface area contributed by atoms with Crippen molar-refractivity contribution in [2.45, 2.75) is 38.2 Å². The van der Waals surface area contributed by atoms with Crippen LogP contribution in [0.1, 0.15) is 34.7 Å². The molecule has 0 fully saturated rings. The number of thioether (sulfide) groups is 1. The molecule has 0 spiro atoms. The standard InChI is InChI=1S/C38H33N3O5S2.Na.H/c1-3-26-10-12-28(13-11-26)24-46-34-22-30-7-5-4-6-29(30)21-31(34)23-35-37(43)40-38(47-35)39-32-16-14-27(15-17-32)20-36(42)41-48(44,45)33-18-8-25(2)9-19-33;;/h4-19,21-23H,3,20,24H2,1-2H3,(H,41,42)(H,39,40,43);;. The van der Waals surface area contributed by atoms with Gasteiger partial charge in [-0.2, -0.15) is 4.99 Å². The average Bonchev–Trinajstić information content (AvgIpc) is 3.42. The zero-order valence-corrected chi connectivity index (χ0v) is 28.0. The third-order valence-corrected chi connectivity index (χ3v) is 10.0. The van der Waals surface area contributed by atoms with Gasteiger partial charge in [-0.3, -0.25) is 9.59 Å². The van der Waals surface area contributed by atoms with Crippen LogP contribution in [-0.2, 0) is 39.1 Å². The minimum absolute atomic E-state index is 0. The van der Waals surface area contributed by atoms with E-state index >= 15 is 0 Å². The quantitative estimate of drug-likeness (QED) is 0.122. The van der Waals surface area contributed by atoms with E-state index in [1.807, 2.05) is 43.3 Å². The number of benzene rings is 5. The first kappa shape index (κ1) is 36.1. The van der Waals surface area contributed by atoms with E-state index in [2.05, 4.69) is 46.2 Å². The Balaban J connectivity index is 0.00000468. The molecule has 0 aromatic heterocycles. The first-order valence-corrected chi connectivity index (χ1v) is 17.7. The van der Waals surface area contributed by atoms with Gasteiger partial charge < -0.3 is 10.1 Å². The van der Waals surface area contributed by atoms with Gasteiger partial charge in [0.15, 0.2) is 5.17 Å². The Morgan fingerprint density at radius 1 is 0.857 bits per heavy atom. The van der Waals surface area contributed by atoms with E-state index in [0.29, 0.717) is 33.7 Å². The molecule has 6 rings (SSSR count). The fraction of sp³-hybridized carbons (Fsp3) is 0.132. The Morgan fingerprint density at radius 2 is 1.49 bits per heavy atom. The van der Waals surface area contributed by atoms with Gasteiger partial charge in [-0.25, -0.2) is 13.1 Å². The van der Waals surface area contributed by atoms with Crippen molar-refractivity contribution in [1.82, 2.24) is 4.72 Å². The third kappa shape index (κ3) is 9.29. The molecule has 0 aliphatic carbocycles. The van der Waals surface area contributed by atoms with E-state index in [-0.39, 0.29) is 46.8 Å². The Kier molecular flexibility index (Phi) is 11.8. The number of ether oxygens (including phenoxy) is 1. The summed E-state index contributed by atoms with van der Waals surface area (Å²) in [7, 11) is -3.96. The predicted molar refractivity (Wildman–Crippen MR) is 200 cm³/mol. The number of aryl methyl sites for hydroxylation is 2. The van der Waals surface area contributed by atoms with E-state index in [1.165, 1.54) is 29.5 Å². The monoisotopic (exact) mass is 699 g/mol. The van der Waals surface area contributed by atoms with Crippen molar-refractivity contribution in [3.63, 3.8) is 0 Å². The van der Waals surface area contributed by atoms with Crippen molar-refractivity contribution in [3.8, 4) is 5.75 Å². The summed E-state index contributed by atoms with van der Waals surface area (Å²) < 4.78 is 33.5. The molecule has 0 radical (unpaired) electrons. The van der Waals surface area contributed by atoms with Gasteiger partial charge in [0.1, 0.15) is 12.4 Å². The van der Waals surface area contributed by atoms with Crippen molar-refractivity contribution >= 4 is 90.9 Å². The van der Waals surface area contributed by atoms with Crippen LogP contribution in [0, 0.1) is 6.92 Å². The number of carbonyl (C=O) groups excluding carboxylic acids is 2. The molecule has 2 amide bonds. The van der Waals surface area contributed by atoms with Gasteiger partial charge in [-0.15, -0.1) is 0 Å². The number of rotatable bonds is 10. The first-order chi connectivity index (χ1) is 23.1. The summed E-state index contributed by atoms with van der Waals surface area (Å²) in [6.07, 6.45) is 2.66. The molecule has 1 aliphatic rings. The number of amides is 2. The summed E-state index contributed by atoms with van der Waals surface area (Å²) in [6, 6.07) is 33.5. The van der Waals surface area contributed by atoms with Crippen molar-refractivity contribution in [2.75, 3.05) is 5.32 Å². The molecule has 0 saturated carbocycles. The van der Waals surface area contributed by atoms with Gasteiger partial charge in [0.05, 0.1) is 16.2 Å². The number of hydrogen-bond donors (Lipinski definition) is 2. The molecule has 5 aromatic rings. The third-order valence-electron chi connectivity index (χ3n) is 7.76. The molecule has 244 valence electrons. The van der Waals surface area contributed by atoms with Crippen LogP contribution in [0.5, 0.6) is 5.75 Å². The van der Waals surface area contributed by atoms with Gasteiger partial charge in [0.2, 0.25) is 5.91 Å². The summed E-state index contributed by atoms with van der Waals surface area (Å²) in [5, 5.41) is 5.64. The molecule has 2 N–H and O–H groups in total. The molecular weight excluding hydrogens is 666 g/mol. The first-order valence-electron chi connectivity index (χ1n) is 15.4. The summed E-state index contributed by atoms with van der Waals surface area (Å²) in [4.78, 5) is 30.1. The number of carbonyl (C=O) groups is 2.